The van der Waals surface area contributed by atoms with Crippen molar-refractivity contribution in [2.24, 2.45) is 0 Å². The van der Waals surface area contributed by atoms with Crippen molar-refractivity contribution in [2.75, 3.05) is 16.8 Å². The van der Waals surface area contributed by atoms with Crippen molar-refractivity contribution >= 4 is 51.0 Å². The zero-order chi connectivity index (χ0) is 25.3. The van der Waals surface area contributed by atoms with E-state index in [4.69, 9.17) is 0 Å². The largest absolute Gasteiger partial charge is 0.332 e. The number of carbonyl (C=O) groups excluding carboxylic acids is 3. The number of nitriles is 1. The van der Waals surface area contributed by atoms with Crippen LogP contribution < -0.4 is 10.2 Å². The first-order chi connectivity index (χ1) is 18.1. The fourth-order valence-corrected chi connectivity index (χ4v) is 6.08. The summed E-state index contributed by atoms with van der Waals surface area (Å²) in [7, 11) is 0. The SMILES string of the molecule is N#Cc1ccc(N2C(=O)C3C4CC(CN4C(=O)Nc4cccc5ccccc45)N3C2=O)c2cccnc12. The molecule has 2 bridgehead atoms. The smallest absolute Gasteiger partial charge is 0.317 e. The molecule has 9 nitrogen and oxygen atoms in total. The van der Waals surface area contributed by atoms with E-state index in [1.54, 1.807) is 40.3 Å². The number of urea groups is 2. The minimum Gasteiger partial charge on any atom is -0.317 e. The van der Waals surface area contributed by atoms with Gasteiger partial charge in [0, 0.05) is 23.5 Å². The summed E-state index contributed by atoms with van der Waals surface area (Å²) in [5.74, 6) is -0.366. The summed E-state index contributed by atoms with van der Waals surface area (Å²) >= 11 is 0. The molecule has 0 saturated carbocycles. The molecule has 3 aromatic carbocycles. The third-order valence-electron chi connectivity index (χ3n) is 7.66. The molecule has 0 radical (unpaired) electrons. The number of fused-ring (bicyclic) bond motifs is 7. The molecular formula is C28H20N6O3. The van der Waals surface area contributed by atoms with Crippen molar-refractivity contribution < 1.29 is 14.4 Å². The number of nitrogens with one attached hydrogen (secondary N) is 1. The van der Waals surface area contributed by atoms with Gasteiger partial charge in [0.2, 0.25) is 0 Å². The zero-order valence-corrected chi connectivity index (χ0v) is 19.5. The van der Waals surface area contributed by atoms with E-state index in [9.17, 15) is 19.6 Å². The van der Waals surface area contributed by atoms with Gasteiger partial charge in [-0.15, -0.1) is 0 Å². The second-order valence-electron chi connectivity index (χ2n) is 9.52. The fourth-order valence-electron chi connectivity index (χ4n) is 6.08. The maximum Gasteiger partial charge on any atom is 0.332 e. The lowest BCUT2D eigenvalue weighted by Crippen LogP contribution is -2.55. The molecule has 37 heavy (non-hydrogen) atoms. The monoisotopic (exact) mass is 488 g/mol. The Hall–Kier alpha value is -4.97. The van der Waals surface area contributed by atoms with Gasteiger partial charge < -0.3 is 15.1 Å². The van der Waals surface area contributed by atoms with E-state index in [1.807, 2.05) is 42.5 Å². The van der Waals surface area contributed by atoms with Crippen LogP contribution in [0.1, 0.15) is 12.0 Å². The summed E-state index contributed by atoms with van der Waals surface area (Å²) in [5, 5.41) is 15.0. The number of amides is 5. The van der Waals surface area contributed by atoms with E-state index in [2.05, 4.69) is 16.4 Å². The number of likely N-dealkylation sites (tertiary alicyclic amines) is 1. The third-order valence-corrected chi connectivity index (χ3v) is 7.66. The van der Waals surface area contributed by atoms with Crippen LogP contribution in [0.25, 0.3) is 21.7 Å². The number of rotatable bonds is 2. The fraction of sp³-hybridized carbons (Fsp3) is 0.179. The highest BCUT2D eigenvalue weighted by Crippen LogP contribution is 2.43. The first-order valence-electron chi connectivity index (χ1n) is 12.1. The standard InChI is InChI=1S/C28H20N6O3/c29-14-17-10-11-22(20-8-4-12-30-24(17)20)34-26(35)25-23-13-18(33(25)28(34)37)15-32(23)27(36)31-21-9-3-6-16-5-1-2-7-19(16)21/h1-12,18,23,25H,13,15H2,(H,31,36). The quantitative estimate of drug-likeness (QED) is 0.428. The van der Waals surface area contributed by atoms with Gasteiger partial charge in [0.1, 0.15) is 12.1 Å². The van der Waals surface area contributed by atoms with Gasteiger partial charge in [0.25, 0.3) is 5.91 Å². The predicted octanol–water partition coefficient (Wildman–Crippen LogP) is 4.09. The number of carbonyl (C=O) groups is 3. The lowest BCUT2D eigenvalue weighted by molar-refractivity contribution is -0.120. The molecule has 3 atom stereocenters. The normalized spacial score (nSPS) is 22.1. The van der Waals surface area contributed by atoms with Gasteiger partial charge in [0.05, 0.1) is 34.5 Å². The van der Waals surface area contributed by atoms with Crippen LogP contribution in [-0.2, 0) is 4.79 Å². The highest BCUT2D eigenvalue weighted by atomic mass is 16.2. The molecule has 4 aromatic rings. The molecule has 9 heteroatoms. The van der Waals surface area contributed by atoms with Crippen LogP contribution in [0.5, 0.6) is 0 Å². The van der Waals surface area contributed by atoms with E-state index in [0.29, 0.717) is 40.8 Å². The Morgan fingerprint density at radius 2 is 1.81 bits per heavy atom. The van der Waals surface area contributed by atoms with Gasteiger partial charge in [-0.05, 0) is 42.1 Å². The van der Waals surface area contributed by atoms with Gasteiger partial charge in [-0.3, -0.25) is 9.78 Å². The lowest BCUT2D eigenvalue weighted by Gasteiger charge is -2.34. The summed E-state index contributed by atoms with van der Waals surface area (Å²) in [6, 6.07) is 20.2. The average molecular weight is 489 g/mol. The van der Waals surface area contributed by atoms with Crippen molar-refractivity contribution in [2.45, 2.75) is 24.5 Å². The predicted molar refractivity (Wildman–Crippen MR) is 137 cm³/mol. The molecule has 1 aromatic heterocycles. The average Bonchev–Trinajstić information content (AvgIpc) is 3.60. The number of hydrogen-bond donors (Lipinski definition) is 1. The van der Waals surface area contributed by atoms with Gasteiger partial charge in [-0.25, -0.2) is 14.5 Å². The molecule has 0 aliphatic carbocycles. The summed E-state index contributed by atoms with van der Waals surface area (Å²) in [4.78, 5) is 49.4. The van der Waals surface area contributed by atoms with E-state index < -0.39 is 18.1 Å². The Bertz CT molecular complexity index is 1690. The molecule has 4 heterocycles. The van der Waals surface area contributed by atoms with Crippen LogP contribution in [-0.4, -0.2) is 57.4 Å². The highest BCUT2D eigenvalue weighted by molar-refractivity contribution is 6.25. The van der Waals surface area contributed by atoms with Crippen molar-refractivity contribution in [1.29, 1.82) is 5.26 Å². The topological polar surface area (TPSA) is 110 Å². The summed E-state index contributed by atoms with van der Waals surface area (Å²) in [6.07, 6.45) is 2.14. The van der Waals surface area contributed by atoms with Crippen LogP contribution in [0, 0.1) is 11.3 Å². The third kappa shape index (κ3) is 2.96. The molecule has 3 saturated heterocycles. The van der Waals surface area contributed by atoms with E-state index in [1.165, 1.54) is 4.90 Å². The number of imide groups is 1. The van der Waals surface area contributed by atoms with Gasteiger partial charge in [-0.1, -0.05) is 36.4 Å². The van der Waals surface area contributed by atoms with Crippen molar-refractivity contribution in [3.05, 3.63) is 78.5 Å². The minimum atomic E-state index is -0.744. The van der Waals surface area contributed by atoms with Crippen LogP contribution in [0.15, 0.2) is 72.9 Å². The number of aromatic nitrogens is 1. The van der Waals surface area contributed by atoms with Gasteiger partial charge >= 0.3 is 12.1 Å². The lowest BCUT2D eigenvalue weighted by atomic mass is 10.1. The summed E-state index contributed by atoms with van der Waals surface area (Å²) in [5.41, 5.74) is 1.91. The molecule has 3 unspecified atom stereocenters. The number of hydrogen-bond acceptors (Lipinski definition) is 5. The van der Waals surface area contributed by atoms with E-state index in [-0.39, 0.29) is 18.0 Å². The maximum absolute atomic E-state index is 13.7. The van der Waals surface area contributed by atoms with Crippen molar-refractivity contribution in [3.63, 3.8) is 0 Å². The molecule has 180 valence electrons. The second kappa shape index (κ2) is 7.77. The molecular weight excluding hydrogens is 468 g/mol. The van der Waals surface area contributed by atoms with Crippen LogP contribution in [0.2, 0.25) is 0 Å². The zero-order valence-electron chi connectivity index (χ0n) is 19.5. The Kier molecular flexibility index (Phi) is 4.48. The van der Waals surface area contributed by atoms with Gasteiger partial charge in [0.15, 0.2) is 0 Å². The molecule has 3 aliphatic rings. The molecule has 5 amide bonds. The van der Waals surface area contributed by atoms with Crippen LogP contribution >= 0.6 is 0 Å². The molecule has 0 spiro atoms. The van der Waals surface area contributed by atoms with E-state index in [0.717, 1.165) is 10.8 Å². The van der Waals surface area contributed by atoms with Gasteiger partial charge in [-0.2, -0.15) is 5.26 Å². The Balaban J connectivity index is 1.20. The summed E-state index contributed by atoms with van der Waals surface area (Å²) in [6.45, 7) is 0.361. The number of pyridine rings is 1. The molecule has 7 rings (SSSR count). The van der Waals surface area contributed by atoms with Crippen LogP contribution in [0.3, 0.4) is 0 Å². The number of benzene rings is 3. The van der Waals surface area contributed by atoms with Crippen LogP contribution in [0.4, 0.5) is 21.0 Å². The number of nitrogens with zero attached hydrogens (tertiary/aromatic N) is 5. The number of piperazine rings is 1. The Morgan fingerprint density at radius 3 is 2.68 bits per heavy atom. The first-order valence-corrected chi connectivity index (χ1v) is 12.1. The van der Waals surface area contributed by atoms with Crippen molar-refractivity contribution in [1.82, 2.24) is 14.8 Å². The Labute approximate surface area is 211 Å². The number of anilines is 2. The Morgan fingerprint density at radius 1 is 1.00 bits per heavy atom. The summed E-state index contributed by atoms with van der Waals surface area (Å²) < 4.78 is 0. The molecule has 1 N–H and O–H groups in total. The molecule has 3 aliphatic heterocycles. The van der Waals surface area contributed by atoms with Crippen molar-refractivity contribution in [3.8, 4) is 6.07 Å². The second-order valence-corrected chi connectivity index (χ2v) is 9.52. The minimum absolute atomic E-state index is 0.238. The maximum atomic E-state index is 13.7. The highest BCUT2D eigenvalue weighted by Gasteiger charge is 2.63. The van der Waals surface area contributed by atoms with E-state index >= 15 is 0 Å². The molecule has 3 fully saturated rings. The first kappa shape index (κ1) is 21.3.